The van der Waals surface area contributed by atoms with Crippen molar-refractivity contribution in [1.82, 2.24) is 4.31 Å². The van der Waals surface area contributed by atoms with E-state index < -0.39 is 15.8 Å². The normalized spacial score (nSPS) is 15.9. The van der Waals surface area contributed by atoms with Gasteiger partial charge in [0.2, 0.25) is 10.0 Å². The Kier molecular flexibility index (Phi) is 4.10. The summed E-state index contributed by atoms with van der Waals surface area (Å²) < 4.78 is 40.3. The maximum absolute atomic E-state index is 13.8. The summed E-state index contributed by atoms with van der Waals surface area (Å²) in [5.41, 5.74) is 5.68. The minimum Gasteiger partial charge on any atom is -0.399 e. The standard InChI is InChI=1S/C13H19FN2O2S/c1-2-3-8-16(11-5-6-11)19(17,18)13-7-4-10(15)9-12(13)14/h4,7,9,11H,2-3,5-6,8,15H2,1H3. The van der Waals surface area contributed by atoms with Crippen LogP contribution in [0, 0.1) is 5.82 Å². The Hall–Kier alpha value is -1.14. The average molecular weight is 286 g/mol. The van der Waals surface area contributed by atoms with E-state index in [4.69, 9.17) is 5.73 Å². The van der Waals surface area contributed by atoms with E-state index >= 15 is 0 Å². The second kappa shape index (κ2) is 5.46. The van der Waals surface area contributed by atoms with Crippen molar-refractivity contribution in [3.63, 3.8) is 0 Å². The highest BCUT2D eigenvalue weighted by Gasteiger charge is 2.38. The third-order valence-electron chi connectivity index (χ3n) is 3.23. The van der Waals surface area contributed by atoms with Crippen molar-refractivity contribution < 1.29 is 12.8 Å². The molecule has 0 amide bonds. The van der Waals surface area contributed by atoms with Crippen LogP contribution in [-0.2, 0) is 10.0 Å². The van der Waals surface area contributed by atoms with Gasteiger partial charge in [0.05, 0.1) is 0 Å². The van der Waals surface area contributed by atoms with Gasteiger partial charge in [-0.05, 0) is 37.5 Å². The molecule has 0 heterocycles. The number of halogens is 1. The van der Waals surface area contributed by atoms with E-state index in [2.05, 4.69) is 0 Å². The Morgan fingerprint density at radius 2 is 2.11 bits per heavy atom. The van der Waals surface area contributed by atoms with Gasteiger partial charge in [-0.25, -0.2) is 12.8 Å². The fourth-order valence-electron chi connectivity index (χ4n) is 2.03. The van der Waals surface area contributed by atoms with Crippen molar-refractivity contribution in [3.05, 3.63) is 24.0 Å². The van der Waals surface area contributed by atoms with Gasteiger partial charge in [-0.2, -0.15) is 4.31 Å². The van der Waals surface area contributed by atoms with Crippen LogP contribution in [0.15, 0.2) is 23.1 Å². The van der Waals surface area contributed by atoms with Crippen molar-refractivity contribution in [2.24, 2.45) is 0 Å². The predicted molar refractivity (Wildman–Crippen MR) is 72.6 cm³/mol. The number of rotatable bonds is 6. The summed E-state index contributed by atoms with van der Waals surface area (Å²) >= 11 is 0. The summed E-state index contributed by atoms with van der Waals surface area (Å²) in [6.07, 6.45) is 3.41. The number of nitrogen functional groups attached to an aromatic ring is 1. The van der Waals surface area contributed by atoms with Crippen molar-refractivity contribution >= 4 is 15.7 Å². The third kappa shape index (κ3) is 3.06. The third-order valence-corrected chi connectivity index (χ3v) is 5.21. The molecule has 2 rings (SSSR count). The Morgan fingerprint density at radius 3 is 2.63 bits per heavy atom. The zero-order chi connectivity index (χ0) is 14.0. The molecule has 19 heavy (non-hydrogen) atoms. The minimum atomic E-state index is -3.75. The maximum Gasteiger partial charge on any atom is 0.246 e. The highest BCUT2D eigenvalue weighted by atomic mass is 32.2. The zero-order valence-corrected chi connectivity index (χ0v) is 11.8. The number of unbranched alkanes of at least 4 members (excludes halogenated alkanes) is 1. The second-order valence-corrected chi connectivity index (χ2v) is 6.75. The molecule has 1 fully saturated rings. The van der Waals surface area contributed by atoms with Gasteiger partial charge in [0, 0.05) is 18.3 Å². The van der Waals surface area contributed by atoms with Crippen molar-refractivity contribution in [1.29, 1.82) is 0 Å². The molecule has 0 unspecified atom stereocenters. The minimum absolute atomic E-state index is 0.0357. The van der Waals surface area contributed by atoms with Gasteiger partial charge in [0.1, 0.15) is 10.7 Å². The number of hydrogen-bond donors (Lipinski definition) is 1. The van der Waals surface area contributed by atoms with Gasteiger partial charge in [-0.15, -0.1) is 0 Å². The molecule has 0 atom stereocenters. The topological polar surface area (TPSA) is 63.4 Å². The van der Waals surface area contributed by atoms with Gasteiger partial charge in [-0.3, -0.25) is 0 Å². The first-order valence-electron chi connectivity index (χ1n) is 6.53. The van der Waals surface area contributed by atoms with E-state index in [1.807, 2.05) is 6.92 Å². The fraction of sp³-hybridized carbons (Fsp3) is 0.538. The SMILES string of the molecule is CCCCN(C1CC1)S(=O)(=O)c1ccc(N)cc1F. The second-order valence-electron chi connectivity index (χ2n) is 4.89. The van der Waals surface area contributed by atoms with Gasteiger partial charge >= 0.3 is 0 Å². The highest BCUT2D eigenvalue weighted by Crippen LogP contribution is 2.33. The number of nitrogens with zero attached hydrogens (tertiary/aromatic N) is 1. The van der Waals surface area contributed by atoms with Crippen LogP contribution in [0.4, 0.5) is 10.1 Å². The Balaban J connectivity index is 2.33. The lowest BCUT2D eigenvalue weighted by atomic mass is 10.3. The molecule has 1 aromatic carbocycles. The maximum atomic E-state index is 13.8. The Bertz CT molecular complexity index is 556. The van der Waals surface area contributed by atoms with Crippen molar-refractivity contribution in [3.8, 4) is 0 Å². The van der Waals surface area contributed by atoms with Crippen molar-refractivity contribution in [2.75, 3.05) is 12.3 Å². The van der Waals surface area contributed by atoms with Crippen LogP contribution in [0.3, 0.4) is 0 Å². The zero-order valence-electron chi connectivity index (χ0n) is 11.0. The number of hydrogen-bond acceptors (Lipinski definition) is 3. The predicted octanol–water partition coefficient (Wildman–Crippen LogP) is 2.36. The average Bonchev–Trinajstić information content (AvgIpc) is 3.13. The first-order chi connectivity index (χ1) is 8.96. The molecule has 0 aromatic heterocycles. The summed E-state index contributed by atoms with van der Waals surface area (Å²) in [5.74, 6) is -0.776. The lowest BCUT2D eigenvalue weighted by Gasteiger charge is -2.22. The molecule has 0 radical (unpaired) electrons. The van der Waals surface area contributed by atoms with Crippen LogP contribution in [0.5, 0.6) is 0 Å². The fourth-order valence-corrected chi connectivity index (χ4v) is 3.80. The molecule has 1 saturated carbocycles. The first-order valence-corrected chi connectivity index (χ1v) is 7.97. The largest absolute Gasteiger partial charge is 0.399 e. The van der Waals surface area contributed by atoms with E-state index in [-0.39, 0.29) is 16.6 Å². The monoisotopic (exact) mass is 286 g/mol. The van der Waals surface area contributed by atoms with Crippen LogP contribution in [0.1, 0.15) is 32.6 Å². The highest BCUT2D eigenvalue weighted by molar-refractivity contribution is 7.89. The number of sulfonamides is 1. The lowest BCUT2D eigenvalue weighted by Crippen LogP contribution is -2.34. The number of nitrogens with two attached hydrogens (primary N) is 1. The lowest BCUT2D eigenvalue weighted by molar-refractivity contribution is 0.393. The molecule has 1 aromatic rings. The summed E-state index contributed by atoms with van der Waals surface area (Å²) in [7, 11) is -3.75. The van der Waals surface area contributed by atoms with E-state index in [1.54, 1.807) is 0 Å². The molecule has 4 nitrogen and oxygen atoms in total. The number of anilines is 1. The van der Waals surface area contributed by atoms with E-state index in [0.29, 0.717) is 6.54 Å². The van der Waals surface area contributed by atoms with Crippen LogP contribution in [0.2, 0.25) is 0 Å². The van der Waals surface area contributed by atoms with Gasteiger partial charge in [0.15, 0.2) is 0 Å². The molecule has 0 aliphatic heterocycles. The van der Waals surface area contributed by atoms with E-state index in [1.165, 1.54) is 16.4 Å². The van der Waals surface area contributed by atoms with Gasteiger partial charge in [-0.1, -0.05) is 13.3 Å². The van der Waals surface area contributed by atoms with E-state index in [0.717, 1.165) is 31.7 Å². The molecule has 106 valence electrons. The molecule has 2 N–H and O–H groups in total. The summed E-state index contributed by atoms with van der Waals surface area (Å²) in [5, 5.41) is 0. The summed E-state index contributed by atoms with van der Waals surface area (Å²) in [6.45, 7) is 2.45. The summed E-state index contributed by atoms with van der Waals surface area (Å²) in [6, 6.07) is 3.76. The van der Waals surface area contributed by atoms with Crippen LogP contribution in [0.25, 0.3) is 0 Å². The molecule has 6 heteroatoms. The molecule has 1 aliphatic rings. The Morgan fingerprint density at radius 1 is 1.42 bits per heavy atom. The molecule has 0 spiro atoms. The van der Waals surface area contributed by atoms with Crippen LogP contribution in [-0.4, -0.2) is 25.3 Å². The molecular formula is C13H19FN2O2S. The smallest absolute Gasteiger partial charge is 0.246 e. The van der Waals surface area contributed by atoms with Crippen LogP contribution >= 0.6 is 0 Å². The molecule has 0 saturated heterocycles. The number of benzene rings is 1. The summed E-state index contributed by atoms with van der Waals surface area (Å²) in [4.78, 5) is -0.273. The molecule has 0 bridgehead atoms. The van der Waals surface area contributed by atoms with Crippen LogP contribution < -0.4 is 5.73 Å². The molecule has 1 aliphatic carbocycles. The van der Waals surface area contributed by atoms with Gasteiger partial charge < -0.3 is 5.73 Å². The quantitative estimate of drug-likeness (QED) is 0.817. The molecular weight excluding hydrogens is 267 g/mol. The van der Waals surface area contributed by atoms with E-state index in [9.17, 15) is 12.8 Å². The van der Waals surface area contributed by atoms with Gasteiger partial charge in [0.25, 0.3) is 0 Å². The van der Waals surface area contributed by atoms with Crippen molar-refractivity contribution in [2.45, 2.75) is 43.5 Å². The first kappa shape index (κ1) is 14.3. The Labute approximate surface area is 113 Å².